The van der Waals surface area contributed by atoms with Gasteiger partial charge in [0.15, 0.2) is 5.13 Å². The van der Waals surface area contributed by atoms with Crippen molar-refractivity contribution < 1.29 is 13.2 Å². The lowest BCUT2D eigenvalue weighted by molar-refractivity contribution is 0.0730. The van der Waals surface area contributed by atoms with E-state index in [-0.39, 0.29) is 6.04 Å². The lowest BCUT2D eigenvalue weighted by atomic mass is 10.1. The Balaban J connectivity index is 1.47. The summed E-state index contributed by atoms with van der Waals surface area (Å²) >= 11 is 1.54. The highest BCUT2D eigenvalue weighted by Crippen LogP contribution is 2.29. The molecular weight excluding hydrogens is 406 g/mol. The van der Waals surface area contributed by atoms with Crippen LogP contribution in [-0.2, 0) is 14.8 Å². The Hall–Kier alpha value is -2.26. The third-order valence-corrected chi connectivity index (χ3v) is 7.59. The van der Waals surface area contributed by atoms with Gasteiger partial charge in [-0.1, -0.05) is 42.5 Å². The average Bonchev–Trinajstić information content (AvgIpc) is 3.23. The Labute approximate surface area is 175 Å². The van der Waals surface area contributed by atoms with Crippen LogP contribution in [0.15, 0.2) is 64.9 Å². The van der Waals surface area contributed by atoms with Crippen LogP contribution in [-0.4, -0.2) is 44.0 Å². The minimum atomic E-state index is -3.48. The summed E-state index contributed by atoms with van der Waals surface area (Å²) in [5.41, 5.74) is 2.91. The van der Waals surface area contributed by atoms with Gasteiger partial charge in [0, 0.05) is 24.0 Å². The van der Waals surface area contributed by atoms with Crippen molar-refractivity contribution >= 4 is 26.5 Å². The number of benzene rings is 2. The Morgan fingerprint density at radius 3 is 2.45 bits per heavy atom. The number of morpholine rings is 1. The standard InChI is InChI=1S/C21H23N3O3S2/c1-16(17-5-3-2-4-6-17)22-21-23-20(15-28-21)18-7-9-19(10-8-18)29(25,26)24-11-13-27-14-12-24/h2-10,15-16H,11-14H2,1H3,(H,22,23). The summed E-state index contributed by atoms with van der Waals surface area (Å²) in [6.45, 7) is 3.76. The van der Waals surface area contributed by atoms with E-state index in [2.05, 4.69) is 29.4 Å². The van der Waals surface area contributed by atoms with Crippen molar-refractivity contribution in [1.29, 1.82) is 0 Å². The first-order valence-corrected chi connectivity index (χ1v) is 11.8. The van der Waals surface area contributed by atoms with Gasteiger partial charge in [-0.15, -0.1) is 11.3 Å². The molecule has 8 heteroatoms. The van der Waals surface area contributed by atoms with Crippen LogP contribution in [0.4, 0.5) is 5.13 Å². The molecule has 6 nitrogen and oxygen atoms in total. The number of hydrogen-bond acceptors (Lipinski definition) is 6. The first kappa shape index (κ1) is 20.0. The van der Waals surface area contributed by atoms with E-state index in [1.54, 1.807) is 12.1 Å². The zero-order valence-electron chi connectivity index (χ0n) is 16.1. The van der Waals surface area contributed by atoms with E-state index in [9.17, 15) is 8.42 Å². The lowest BCUT2D eigenvalue weighted by Gasteiger charge is -2.26. The molecule has 1 saturated heterocycles. The number of nitrogens with zero attached hydrogens (tertiary/aromatic N) is 2. The van der Waals surface area contributed by atoms with Gasteiger partial charge < -0.3 is 10.1 Å². The number of hydrogen-bond donors (Lipinski definition) is 1. The van der Waals surface area contributed by atoms with Crippen LogP contribution < -0.4 is 5.32 Å². The van der Waals surface area contributed by atoms with Crippen LogP contribution in [0.25, 0.3) is 11.3 Å². The first-order valence-electron chi connectivity index (χ1n) is 9.49. The summed E-state index contributed by atoms with van der Waals surface area (Å²) < 4.78 is 32.2. The Morgan fingerprint density at radius 2 is 1.76 bits per heavy atom. The molecule has 1 unspecified atom stereocenters. The van der Waals surface area contributed by atoms with Crippen molar-refractivity contribution in [3.8, 4) is 11.3 Å². The van der Waals surface area contributed by atoms with Gasteiger partial charge in [-0.2, -0.15) is 4.31 Å². The molecule has 1 aromatic heterocycles. The maximum absolute atomic E-state index is 12.7. The van der Waals surface area contributed by atoms with E-state index in [0.29, 0.717) is 31.2 Å². The van der Waals surface area contributed by atoms with Crippen molar-refractivity contribution in [2.24, 2.45) is 0 Å². The Kier molecular flexibility index (Phi) is 5.96. The predicted octanol–water partition coefficient (Wildman–Crippen LogP) is 4.00. The van der Waals surface area contributed by atoms with Gasteiger partial charge in [0.05, 0.1) is 29.8 Å². The number of ether oxygens (including phenoxy) is 1. The van der Waals surface area contributed by atoms with Crippen LogP contribution >= 0.6 is 11.3 Å². The molecule has 3 aromatic rings. The second-order valence-corrected chi connectivity index (χ2v) is 9.65. The van der Waals surface area contributed by atoms with Gasteiger partial charge in [0.1, 0.15) is 0 Å². The highest BCUT2D eigenvalue weighted by Gasteiger charge is 2.26. The second kappa shape index (κ2) is 8.62. The molecule has 4 rings (SSSR count). The van der Waals surface area contributed by atoms with Crippen molar-refractivity contribution in [3.63, 3.8) is 0 Å². The molecule has 1 fully saturated rings. The molecule has 0 bridgehead atoms. The summed E-state index contributed by atoms with van der Waals surface area (Å²) in [6.07, 6.45) is 0. The maximum Gasteiger partial charge on any atom is 0.243 e. The fourth-order valence-electron chi connectivity index (χ4n) is 3.22. The fraction of sp³-hybridized carbons (Fsp3) is 0.286. The topological polar surface area (TPSA) is 71.5 Å². The van der Waals surface area contributed by atoms with Crippen molar-refractivity contribution in [2.45, 2.75) is 17.9 Å². The maximum atomic E-state index is 12.7. The van der Waals surface area contributed by atoms with E-state index in [0.717, 1.165) is 16.4 Å². The molecule has 2 heterocycles. The van der Waals surface area contributed by atoms with Crippen LogP contribution in [0, 0.1) is 0 Å². The number of aromatic nitrogens is 1. The smallest absolute Gasteiger partial charge is 0.243 e. The molecule has 1 N–H and O–H groups in total. The van der Waals surface area contributed by atoms with Gasteiger partial charge in [-0.05, 0) is 24.6 Å². The number of sulfonamides is 1. The molecule has 1 atom stereocenters. The van der Waals surface area contributed by atoms with Gasteiger partial charge in [0.25, 0.3) is 0 Å². The average molecular weight is 430 g/mol. The molecule has 1 aliphatic rings. The van der Waals surface area contributed by atoms with Crippen molar-refractivity contribution in [3.05, 3.63) is 65.5 Å². The third kappa shape index (κ3) is 4.51. The summed E-state index contributed by atoms with van der Waals surface area (Å²) in [5, 5.41) is 6.23. The molecular formula is C21H23N3O3S2. The SMILES string of the molecule is CC(Nc1nc(-c2ccc(S(=O)(=O)N3CCOCC3)cc2)cs1)c1ccccc1. The highest BCUT2D eigenvalue weighted by molar-refractivity contribution is 7.89. The molecule has 152 valence electrons. The quantitative estimate of drug-likeness (QED) is 0.641. The zero-order valence-corrected chi connectivity index (χ0v) is 17.7. The third-order valence-electron chi connectivity index (χ3n) is 4.90. The van der Waals surface area contributed by atoms with E-state index in [1.807, 2.05) is 35.7 Å². The van der Waals surface area contributed by atoms with E-state index < -0.39 is 10.0 Å². The van der Waals surface area contributed by atoms with Crippen LogP contribution in [0.3, 0.4) is 0 Å². The summed E-state index contributed by atoms with van der Waals surface area (Å²) in [4.78, 5) is 4.96. The van der Waals surface area contributed by atoms with Crippen molar-refractivity contribution in [1.82, 2.24) is 9.29 Å². The number of nitrogens with one attached hydrogen (secondary N) is 1. The van der Waals surface area contributed by atoms with Gasteiger partial charge in [-0.3, -0.25) is 0 Å². The normalized spacial score (nSPS) is 16.4. The second-order valence-electron chi connectivity index (χ2n) is 6.86. The number of rotatable bonds is 6. The van der Waals surface area contributed by atoms with Gasteiger partial charge in [-0.25, -0.2) is 13.4 Å². The zero-order chi connectivity index (χ0) is 20.3. The molecule has 0 radical (unpaired) electrons. The lowest BCUT2D eigenvalue weighted by Crippen LogP contribution is -2.40. The molecule has 0 spiro atoms. The largest absolute Gasteiger partial charge is 0.379 e. The molecule has 2 aromatic carbocycles. The highest BCUT2D eigenvalue weighted by atomic mass is 32.2. The molecule has 1 aliphatic heterocycles. The minimum absolute atomic E-state index is 0.149. The monoisotopic (exact) mass is 429 g/mol. The molecule has 0 aliphatic carbocycles. The predicted molar refractivity (Wildman–Crippen MR) is 116 cm³/mol. The van der Waals surface area contributed by atoms with Crippen LogP contribution in [0.1, 0.15) is 18.5 Å². The van der Waals surface area contributed by atoms with E-state index in [4.69, 9.17) is 4.74 Å². The first-order chi connectivity index (χ1) is 14.0. The summed E-state index contributed by atoms with van der Waals surface area (Å²) in [5.74, 6) is 0. The van der Waals surface area contributed by atoms with Crippen LogP contribution in [0.5, 0.6) is 0 Å². The molecule has 0 saturated carbocycles. The van der Waals surface area contributed by atoms with E-state index >= 15 is 0 Å². The summed E-state index contributed by atoms with van der Waals surface area (Å²) in [6, 6.07) is 17.3. The number of anilines is 1. The number of thiazole rings is 1. The van der Waals surface area contributed by atoms with Gasteiger partial charge in [0.2, 0.25) is 10.0 Å². The molecule has 29 heavy (non-hydrogen) atoms. The fourth-order valence-corrected chi connectivity index (χ4v) is 5.43. The van der Waals surface area contributed by atoms with Gasteiger partial charge >= 0.3 is 0 Å². The van der Waals surface area contributed by atoms with Crippen LogP contribution in [0.2, 0.25) is 0 Å². The van der Waals surface area contributed by atoms with E-state index in [1.165, 1.54) is 21.2 Å². The summed E-state index contributed by atoms with van der Waals surface area (Å²) in [7, 11) is -3.48. The van der Waals surface area contributed by atoms with Crippen molar-refractivity contribution in [2.75, 3.05) is 31.6 Å². The Morgan fingerprint density at radius 1 is 1.07 bits per heavy atom. The minimum Gasteiger partial charge on any atom is -0.379 e. The molecule has 0 amide bonds. The Bertz CT molecular complexity index is 1040.